The van der Waals surface area contributed by atoms with Crippen molar-refractivity contribution in [3.63, 3.8) is 0 Å². The molecule has 296 valence electrons. The van der Waals surface area contributed by atoms with Gasteiger partial charge in [-0.1, -0.05) is 182 Å². The lowest BCUT2D eigenvalue weighted by Crippen LogP contribution is -2.12. The van der Waals surface area contributed by atoms with Crippen molar-refractivity contribution < 1.29 is 4.42 Å². The van der Waals surface area contributed by atoms with E-state index in [0.717, 1.165) is 94.7 Å². The molecule has 0 saturated heterocycles. The molecular formula is C60H40N2O. The largest absolute Gasteiger partial charge is 0.455 e. The first-order chi connectivity index (χ1) is 31.3. The zero-order valence-corrected chi connectivity index (χ0v) is 34.4. The van der Waals surface area contributed by atoms with Crippen molar-refractivity contribution in [3.05, 3.63) is 243 Å². The Bertz CT molecular complexity index is 3610. The second-order valence-electron chi connectivity index (χ2n) is 16.0. The van der Waals surface area contributed by atoms with Gasteiger partial charge in [0.2, 0.25) is 0 Å². The average Bonchev–Trinajstić information content (AvgIpc) is 3.92. The molecule has 0 aliphatic carbocycles. The van der Waals surface area contributed by atoms with Gasteiger partial charge in [-0.2, -0.15) is 0 Å². The summed E-state index contributed by atoms with van der Waals surface area (Å²) in [6.45, 7) is 0. The van der Waals surface area contributed by atoms with Crippen LogP contribution in [0, 0.1) is 0 Å². The van der Waals surface area contributed by atoms with Crippen LogP contribution in [0.25, 0.3) is 93.9 Å². The van der Waals surface area contributed by atoms with Crippen LogP contribution in [0.15, 0.2) is 247 Å². The van der Waals surface area contributed by atoms with Crippen LogP contribution in [-0.2, 0) is 0 Å². The second kappa shape index (κ2) is 15.3. The highest BCUT2D eigenvalue weighted by atomic mass is 16.3. The van der Waals surface area contributed by atoms with Gasteiger partial charge in [0, 0.05) is 44.0 Å². The highest BCUT2D eigenvalue weighted by Gasteiger charge is 2.25. The van der Waals surface area contributed by atoms with E-state index in [4.69, 9.17) is 4.42 Å². The Morgan fingerprint density at radius 2 is 0.937 bits per heavy atom. The van der Waals surface area contributed by atoms with Crippen molar-refractivity contribution in [2.75, 3.05) is 4.90 Å². The van der Waals surface area contributed by atoms with Crippen LogP contribution in [0.5, 0.6) is 0 Å². The molecule has 10 aromatic carbocycles. The molecule has 0 atom stereocenters. The third-order valence-corrected chi connectivity index (χ3v) is 12.4. The van der Waals surface area contributed by atoms with Crippen LogP contribution < -0.4 is 4.90 Å². The van der Waals surface area contributed by atoms with Crippen LogP contribution in [0.2, 0.25) is 0 Å². The number of fused-ring (bicyclic) bond motifs is 6. The first kappa shape index (κ1) is 36.5. The van der Waals surface area contributed by atoms with Crippen LogP contribution in [0.4, 0.5) is 17.1 Å². The predicted octanol–water partition coefficient (Wildman–Crippen LogP) is 16.8. The number of para-hydroxylation sites is 4. The maximum Gasteiger partial charge on any atom is 0.143 e. The molecule has 12 rings (SSSR count). The van der Waals surface area contributed by atoms with Gasteiger partial charge >= 0.3 is 0 Å². The summed E-state index contributed by atoms with van der Waals surface area (Å²) in [6, 6.07) is 87.2. The number of benzene rings is 10. The predicted molar refractivity (Wildman–Crippen MR) is 264 cm³/mol. The van der Waals surface area contributed by atoms with Crippen molar-refractivity contribution in [1.82, 2.24) is 4.57 Å². The summed E-state index contributed by atoms with van der Waals surface area (Å²) in [5.74, 6) is 0. The van der Waals surface area contributed by atoms with Crippen molar-refractivity contribution >= 4 is 60.8 Å². The smallest absolute Gasteiger partial charge is 0.143 e. The number of hydrogen-bond acceptors (Lipinski definition) is 2. The maximum absolute atomic E-state index is 6.67. The molecule has 0 radical (unpaired) electrons. The molecule has 63 heavy (non-hydrogen) atoms. The van der Waals surface area contributed by atoms with Crippen molar-refractivity contribution in [3.8, 4) is 50.2 Å². The van der Waals surface area contributed by atoms with Gasteiger partial charge in [0.15, 0.2) is 0 Å². The molecule has 0 amide bonds. The molecule has 0 bridgehead atoms. The quantitative estimate of drug-likeness (QED) is 0.153. The molecule has 12 aromatic rings. The molecule has 3 heteroatoms. The molecular weight excluding hydrogens is 765 g/mol. The van der Waals surface area contributed by atoms with Gasteiger partial charge < -0.3 is 13.9 Å². The number of anilines is 3. The van der Waals surface area contributed by atoms with Crippen LogP contribution in [0.1, 0.15) is 0 Å². The zero-order chi connectivity index (χ0) is 41.7. The summed E-state index contributed by atoms with van der Waals surface area (Å²) < 4.78 is 9.07. The molecule has 2 aromatic heterocycles. The van der Waals surface area contributed by atoms with Crippen molar-refractivity contribution in [2.45, 2.75) is 0 Å². The number of nitrogens with zero attached hydrogens (tertiary/aromatic N) is 2. The summed E-state index contributed by atoms with van der Waals surface area (Å²) in [6.07, 6.45) is 0. The number of aromatic nitrogens is 1. The Labute approximate surface area is 366 Å². The normalized spacial score (nSPS) is 11.5. The van der Waals surface area contributed by atoms with E-state index in [1.54, 1.807) is 0 Å². The standard InChI is InChI=1S/C60H40N2O/c1-5-19-41(20-6-1)44-35-38-55(53(39-44)43-23-9-3-10-24-43)62(57-33-18-32-56-59(57)51-28-13-15-31-54(51)61(56)45-25-11-4-12-26-45)46-36-37-47(52(40-46)42-21-7-2-8-22-42)49-29-17-30-50-48-27-14-16-34-58(48)63-60(49)50/h1-40H. The van der Waals surface area contributed by atoms with Crippen LogP contribution >= 0.6 is 0 Å². The van der Waals surface area contributed by atoms with Crippen LogP contribution in [0.3, 0.4) is 0 Å². The van der Waals surface area contributed by atoms with E-state index in [2.05, 4.69) is 246 Å². The fourth-order valence-electron chi connectivity index (χ4n) is 9.56. The molecule has 0 aliphatic heterocycles. The van der Waals surface area contributed by atoms with Crippen LogP contribution in [-0.4, -0.2) is 4.57 Å². The lowest BCUT2D eigenvalue weighted by Gasteiger charge is -2.30. The van der Waals surface area contributed by atoms with E-state index in [0.29, 0.717) is 0 Å². The van der Waals surface area contributed by atoms with Crippen molar-refractivity contribution in [1.29, 1.82) is 0 Å². The third-order valence-electron chi connectivity index (χ3n) is 12.4. The van der Waals surface area contributed by atoms with E-state index in [1.807, 2.05) is 6.07 Å². The lowest BCUT2D eigenvalue weighted by molar-refractivity contribution is 0.670. The number of furan rings is 1. The topological polar surface area (TPSA) is 21.3 Å². The first-order valence-corrected chi connectivity index (χ1v) is 21.5. The summed E-state index contributed by atoms with van der Waals surface area (Å²) in [4.78, 5) is 2.49. The summed E-state index contributed by atoms with van der Waals surface area (Å²) in [7, 11) is 0. The Kier molecular flexibility index (Phi) is 8.83. The SMILES string of the molecule is c1ccc(-c2ccc(N(c3ccc(-c4cccc5c4oc4ccccc45)c(-c4ccccc4)c3)c3cccc4c3c3ccccc3n4-c3ccccc3)c(-c3ccccc3)c2)cc1. The van der Waals surface area contributed by atoms with E-state index < -0.39 is 0 Å². The van der Waals surface area contributed by atoms with Gasteiger partial charge in [-0.3, -0.25) is 0 Å². The maximum atomic E-state index is 6.67. The summed E-state index contributed by atoms with van der Waals surface area (Å²) in [5, 5.41) is 4.60. The van der Waals surface area contributed by atoms with E-state index in [1.165, 1.54) is 16.3 Å². The second-order valence-corrected chi connectivity index (χ2v) is 16.0. The lowest BCUT2D eigenvalue weighted by atomic mass is 9.92. The number of rotatable bonds is 8. The fraction of sp³-hybridized carbons (Fsp3) is 0. The molecule has 0 N–H and O–H groups in total. The molecule has 0 fully saturated rings. The summed E-state index contributed by atoms with van der Waals surface area (Å²) in [5.41, 5.74) is 17.5. The van der Waals surface area contributed by atoms with Gasteiger partial charge in [0.1, 0.15) is 11.2 Å². The van der Waals surface area contributed by atoms with Crippen molar-refractivity contribution in [2.24, 2.45) is 0 Å². The molecule has 0 spiro atoms. The Hall–Kier alpha value is -8.40. The molecule has 0 saturated carbocycles. The monoisotopic (exact) mass is 804 g/mol. The van der Waals surface area contributed by atoms with Gasteiger partial charge in [0.25, 0.3) is 0 Å². The fourth-order valence-corrected chi connectivity index (χ4v) is 9.56. The Morgan fingerprint density at radius 1 is 0.333 bits per heavy atom. The minimum Gasteiger partial charge on any atom is -0.455 e. The van der Waals surface area contributed by atoms with Gasteiger partial charge in [0.05, 0.1) is 22.4 Å². The Morgan fingerprint density at radius 3 is 1.70 bits per heavy atom. The third kappa shape index (κ3) is 6.21. The zero-order valence-electron chi connectivity index (χ0n) is 34.4. The first-order valence-electron chi connectivity index (χ1n) is 21.5. The molecule has 0 aliphatic rings. The minimum atomic E-state index is 0.888. The molecule has 3 nitrogen and oxygen atoms in total. The Balaban J connectivity index is 1.17. The van der Waals surface area contributed by atoms with Gasteiger partial charge in [-0.05, 0) is 94.0 Å². The summed E-state index contributed by atoms with van der Waals surface area (Å²) >= 11 is 0. The van der Waals surface area contributed by atoms with E-state index >= 15 is 0 Å². The highest BCUT2D eigenvalue weighted by molar-refractivity contribution is 6.17. The van der Waals surface area contributed by atoms with E-state index in [-0.39, 0.29) is 0 Å². The molecule has 2 heterocycles. The van der Waals surface area contributed by atoms with E-state index in [9.17, 15) is 0 Å². The molecule has 0 unspecified atom stereocenters. The number of hydrogen-bond donors (Lipinski definition) is 0. The van der Waals surface area contributed by atoms with Gasteiger partial charge in [-0.15, -0.1) is 0 Å². The minimum absolute atomic E-state index is 0.888. The highest BCUT2D eigenvalue weighted by Crippen LogP contribution is 2.49. The van der Waals surface area contributed by atoms with Gasteiger partial charge in [-0.25, -0.2) is 0 Å². The average molecular weight is 805 g/mol.